The van der Waals surface area contributed by atoms with Crippen LogP contribution < -0.4 is 5.32 Å². The lowest BCUT2D eigenvalue weighted by Gasteiger charge is -2.36. The molecule has 2 aromatic rings. The average Bonchev–Trinajstić information content (AvgIpc) is 2.75. The fraction of sp³-hybridized carbons (Fsp3) is 0.381. The van der Waals surface area contributed by atoms with Gasteiger partial charge in [0, 0.05) is 32.2 Å². The smallest absolute Gasteiger partial charge is 0.292 e. The summed E-state index contributed by atoms with van der Waals surface area (Å²) in [6.45, 7) is 6.63. The molecule has 10 heteroatoms. The number of hydrogen-bond acceptors (Lipinski definition) is 6. The number of nitro benzene ring substituents is 1. The number of hydrogen-bond donors (Lipinski definition) is 1. The summed E-state index contributed by atoms with van der Waals surface area (Å²) in [7, 11) is -3.62. The van der Waals surface area contributed by atoms with Gasteiger partial charge in [0.1, 0.15) is 5.69 Å². The van der Waals surface area contributed by atoms with E-state index < -0.39 is 21.0 Å². The number of carbonyl (C=O) groups excluding carboxylic acids is 1. The highest BCUT2D eigenvalue weighted by atomic mass is 32.2. The van der Waals surface area contributed by atoms with E-state index in [4.69, 9.17) is 0 Å². The maximum absolute atomic E-state index is 13.1. The van der Waals surface area contributed by atoms with E-state index in [1.165, 1.54) is 22.5 Å². The SMILES string of the molecule is Cc1ccc(C)c(S(=O)(=O)N2CCN(C(C)C(=O)Nc3ccccc3[N+](=O)[O-])CC2)c1. The van der Waals surface area contributed by atoms with Gasteiger partial charge in [-0.1, -0.05) is 24.3 Å². The third-order valence-electron chi connectivity index (χ3n) is 5.52. The maximum Gasteiger partial charge on any atom is 0.292 e. The predicted octanol–water partition coefficient (Wildman–Crippen LogP) is 2.55. The number of anilines is 1. The zero-order chi connectivity index (χ0) is 22.8. The molecule has 2 aromatic carbocycles. The van der Waals surface area contributed by atoms with Crippen molar-refractivity contribution < 1.29 is 18.1 Å². The Bertz CT molecular complexity index is 1090. The Labute approximate surface area is 181 Å². The first-order chi connectivity index (χ1) is 14.6. The molecule has 1 amide bonds. The van der Waals surface area contributed by atoms with Crippen LogP contribution in [0.25, 0.3) is 0 Å². The highest BCUT2D eigenvalue weighted by Gasteiger charge is 2.33. The van der Waals surface area contributed by atoms with Gasteiger partial charge in [-0.3, -0.25) is 19.8 Å². The number of carbonyl (C=O) groups is 1. The topological polar surface area (TPSA) is 113 Å². The molecule has 1 atom stereocenters. The minimum absolute atomic E-state index is 0.139. The minimum Gasteiger partial charge on any atom is -0.319 e. The molecule has 1 unspecified atom stereocenters. The summed E-state index contributed by atoms with van der Waals surface area (Å²) in [5, 5.41) is 13.8. The Balaban J connectivity index is 1.66. The first kappa shape index (κ1) is 22.9. The summed E-state index contributed by atoms with van der Waals surface area (Å²) in [6.07, 6.45) is 0. The van der Waals surface area contributed by atoms with Crippen LogP contribution in [-0.2, 0) is 14.8 Å². The van der Waals surface area contributed by atoms with Gasteiger partial charge in [0.25, 0.3) is 5.69 Å². The van der Waals surface area contributed by atoms with Gasteiger partial charge in [-0.25, -0.2) is 8.42 Å². The molecule has 0 aliphatic carbocycles. The monoisotopic (exact) mass is 446 g/mol. The largest absolute Gasteiger partial charge is 0.319 e. The molecule has 1 heterocycles. The van der Waals surface area contributed by atoms with Gasteiger partial charge in [-0.05, 0) is 44.0 Å². The van der Waals surface area contributed by atoms with E-state index in [1.54, 1.807) is 32.0 Å². The van der Waals surface area contributed by atoms with Gasteiger partial charge in [0.05, 0.1) is 15.9 Å². The van der Waals surface area contributed by atoms with Crippen molar-refractivity contribution in [3.05, 3.63) is 63.7 Å². The number of nitro groups is 1. The van der Waals surface area contributed by atoms with Crippen molar-refractivity contribution >= 4 is 27.3 Å². The Kier molecular flexibility index (Phi) is 6.73. The van der Waals surface area contributed by atoms with Gasteiger partial charge >= 0.3 is 0 Å². The lowest BCUT2D eigenvalue weighted by atomic mass is 10.2. The molecule has 1 N–H and O–H groups in total. The molecular formula is C21H26N4O5S. The van der Waals surface area contributed by atoms with Gasteiger partial charge < -0.3 is 5.32 Å². The first-order valence-electron chi connectivity index (χ1n) is 9.97. The number of amides is 1. The van der Waals surface area contributed by atoms with Crippen LogP contribution in [0.4, 0.5) is 11.4 Å². The van der Waals surface area contributed by atoms with Crippen LogP contribution >= 0.6 is 0 Å². The lowest BCUT2D eigenvalue weighted by molar-refractivity contribution is -0.383. The Hall–Kier alpha value is -2.82. The second-order valence-electron chi connectivity index (χ2n) is 7.65. The number of nitrogens with one attached hydrogen (secondary N) is 1. The van der Waals surface area contributed by atoms with E-state index in [2.05, 4.69) is 5.32 Å². The van der Waals surface area contributed by atoms with Gasteiger partial charge in [0.2, 0.25) is 15.9 Å². The molecule has 166 valence electrons. The Morgan fingerprint density at radius 1 is 1.10 bits per heavy atom. The third kappa shape index (κ3) is 4.92. The molecule has 1 aliphatic heterocycles. The standard InChI is InChI=1S/C21H26N4O5S/c1-15-8-9-16(2)20(14-15)31(29,30)24-12-10-23(11-13-24)17(3)21(26)22-18-6-4-5-7-19(18)25(27)28/h4-9,14,17H,10-13H2,1-3H3,(H,22,26). The molecule has 0 radical (unpaired) electrons. The molecule has 0 bridgehead atoms. The third-order valence-corrected chi connectivity index (χ3v) is 7.56. The number of rotatable bonds is 6. The van der Waals surface area contributed by atoms with E-state index in [0.29, 0.717) is 23.5 Å². The quantitative estimate of drug-likeness (QED) is 0.539. The van der Waals surface area contributed by atoms with Crippen LogP contribution in [-0.4, -0.2) is 60.7 Å². The molecule has 0 saturated carbocycles. The van der Waals surface area contributed by atoms with Gasteiger partial charge in [0.15, 0.2) is 0 Å². The number of aryl methyl sites for hydroxylation is 2. The summed E-state index contributed by atoms with van der Waals surface area (Å²) in [5.74, 6) is -0.375. The number of sulfonamides is 1. The zero-order valence-electron chi connectivity index (χ0n) is 17.7. The highest BCUT2D eigenvalue weighted by molar-refractivity contribution is 7.89. The molecule has 1 aliphatic rings. The molecule has 31 heavy (non-hydrogen) atoms. The highest BCUT2D eigenvalue weighted by Crippen LogP contribution is 2.25. The second-order valence-corrected chi connectivity index (χ2v) is 9.55. The number of para-hydroxylation sites is 2. The van der Waals surface area contributed by atoms with E-state index >= 15 is 0 Å². The van der Waals surface area contributed by atoms with Crippen LogP contribution in [0.5, 0.6) is 0 Å². The summed E-state index contributed by atoms with van der Waals surface area (Å²) in [5.41, 5.74) is 1.54. The van der Waals surface area contributed by atoms with Crippen LogP contribution in [0.2, 0.25) is 0 Å². The van der Waals surface area contributed by atoms with E-state index in [1.807, 2.05) is 17.9 Å². The first-order valence-corrected chi connectivity index (χ1v) is 11.4. The maximum atomic E-state index is 13.1. The average molecular weight is 447 g/mol. The fourth-order valence-corrected chi connectivity index (χ4v) is 5.33. The summed E-state index contributed by atoms with van der Waals surface area (Å²) in [6, 6.07) is 10.8. The molecular weight excluding hydrogens is 420 g/mol. The van der Waals surface area contributed by atoms with Crippen molar-refractivity contribution in [2.24, 2.45) is 0 Å². The van der Waals surface area contributed by atoms with Crippen molar-refractivity contribution in [2.75, 3.05) is 31.5 Å². The number of nitrogens with zero attached hydrogens (tertiary/aromatic N) is 3. The Morgan fingerprint density at radius 3 is 2.39 bits per heavy atom. The molecule has 0 spiro atoms. The van der Waals surface area contributed by atoms with Crippen LogP contribution in [0.3, 0.4) is 0 Å². The molecule has 1 saturated heterocycles. The Morgan fingerprint density at radius 2 is 1.74 bits per heavy atom. The van der Waals surface area contributed by atoms with Gasteiger partial charge in [-0.2, -0.15) is 4.31 Å². The molecule has 3 rings (SSSR count). The van der Waals surface area contributed by atoms with Crippen LogP contribution in [0.15, 0.2) is 47.4 Å². The fourth-order valence-electron chi connectivity index (χ4n) is 3.60. The molecule has 1 fully saturated rings. The normalized spacial score (nSPS) is 16.6. The van der Waals surface area contributed by atoms with Crippen molar-refractivity contribution in [1.82, 2.24) is 9.21 Å². The predicted molar refractivity (Wildman–Crippen MR) is 117 cm³/mol. The minimum atomic E-state index is -3.62. The zero-order valence-corrected chi connectivity index (χ0v) is 18.6. The summed E-state index contributed by atoms with van der Waals surface area (Å²) >= 11 is 0. The van der Waals surface area contributed by atoms with E-state index in [0.717, 1.165) is 5.56 Å². The number of benzene rings is 2. The molecule has 0 aromatic heterocycles. The number of piperazine rings is 1. The second kappa shape index (κ2) is 9.13. The van der Waals surface area contributed by atoms with Crippen LogP contribution in [0, 0.1) is 24.0 Å². The van der Waals surface area contributed by atoms with Gasteiger partial charge in [-0.15, -0.1) is 0 Å². The van der Waals surface area contributed by atoms with E-state index in [9.17, 15) is 23.3 Å². The summed E-state index contributed by atoms with van der Waals surface area (Å²) < 4.78 is 27.6. The van der Waals surface area contributed by atoms with Crippen molar-refractivity contribution in [3.8, 4) is 0 Å². The van der Waals surface area contributed by atoms with Crippen LogP contribution in [0.1, 0.15) is 18.1 Å². The van der Waals surface area contributed by atoms with E-state index in [-0.39, 0.29) is 30.4 Å². The molecule has 9 nitrogen and oxygen atoms in total. The van der Waals surface area contributed by atoms with Crippen molar-refractivity contribution in [3.63, 3.8) is 0 Å². The summed E-state index contributed by atoms with van der Waals surface area (Å²) in [4.78, 5) is 25.4. The van der Waals surface area contributed by atoms with Crippen molar-refractivity contribution in [2.45, 2.75) is 31.7 Å². The lowest BCUT2D eigenvalue weighted by Crippen LogP contribution is -2.54. The van der Waals surface area contributed by atoms with Crippen molar-refractivity contribution in [1.29, 1.82) is 0 Å².